The molecule has 0 aliphatic heterocycles. The van der Waals surface area contributed by atoms with E-state index in [2.05, 4.69) is 67.5 Å². The molecule has 2 heterocycles. The molecule has 2 aromatic rings. The van der Waals surface area contributed by atoms with E-state index in [-0.39, 0.29) is 16.2 Å². The lowest BCUT2D eigenvalue weighted by Gasteiger charge is -2.46. The van der Waals surface area contributed by atoms with Crippen molar-refractivity contribution in [1.29, 1.82) is 10.5 Å². The topological polar surface area (TPSA) is 57.4 Å². The number of allylic oxidation sites excluding steroid dienone is 2. The van der Waals surface area contributed by atoms with Gasteiger partial charge in [-0.15, -0.1) is 0 Å². The van der Waals surface area contributed by atoms with Crippen LogP contribution in [0.1, 0.15) is 75.4 Å². The van der Waals surface area contributed by atoms with Gasteiger partial charge in [-0.05, 0) is 53.4 Å². The third-order valence-electron chi connectivity index (χ3n) is 8.46. The highest BCUT2D eigenvalue weighted by Crippen LogP contribution is 2.70. The normalized spacial score (nSPS) is 19.3. The van der Waals surface area contributed by atoms with Gasteiger partial charge in [0.05, 0.1) is 0 Å². The van der Waals surface area contributed by atoms with Gasteiger partial charge in [-0.25, -0.2) is 0 Å². The molecule has 1 aliphatic rings. The Labute approximate surface area is 175 Å². The van der Waals surface area contributed by atoms with Crippen molar-refractivity contribution in [3.63, 3.8) is 0 Å². The Morgan fingerprint density at radius 1 is 0.690 bits per heavy atom. The zero-order valence-electron chi connectivity index (χ0n) is 19.4. The number of nitriles is 2. The second kappa shape index (κ2) is 6.14. The largest absolute Gasteiger partial charge is 0.339 e. The first-order valence-electron chi connectivity index (χ1n) is 10.1. The molecule has 0 amide bonds. The van der Waals surface area contributed by atoms with Crippen molar-refractivity contribution in [2.75, 3.05) is 0 Å². The highest BCUT2D eigenvalue weighted by atomic mass is 15.0. The summed E-state index contributed by atoms with van der Waals surface area (Å²) in [5.74, 6) is 0. The highest BCUT2D eigenvalue weighted by molar-refractivity contribution is 6.00. The zero-order chi connectivity index (χ0) is 22.1. The maximum absolute atomic E-state index is 9.61. The molecule has 1 aliphatic carbocycles. The number of rotatable bonds is 2. The summed E-state index contributed by atoms with van der Waals surface area (Å²) in [5.41, 5.74) is 8.13. The van der Waals surface area contributed by atoms with Gasteiger partial charge in [-0.1, -0.05) is 41.5 Å². The Bertz CT molecular complexity index is 1040. The second-order valence-electron chi connectivity index (χ2n) is 10.0. The molecule has 0 bridgehead atoms. The maximum atomic E-state index is 9.61. The van der Waals surface area contributed by atoms with Crippen LogP contribution < -0.4 is 0 Å². The van der Waals surface area contributed by atoms with Crippen LogP contribution in [0.2, 0.25) is 0 Å². The quantitative estimate of drug-likeness (QED) is 0.660. The summed E-state index contributed by atoms with van der Waals surface area (Å²) < 4.78 is 3.96. The number of hydrogen-bond donors (Lipinski definition) is 0. The van der Waals surface area contributed by atoms with E-state index < -0.39 is 0 Å². The van der Waals surface area contributed by atoms with Crippen molar-refractivity contribution < 1.29 is 0 Å². The van der Waals surface area contributed by atoms with Gasteiger partial charge in [0.15, 0.2) is 0 Å². The smallest absolute Gasteiger partial charge is 0.120 e. The minimum Gasteiger partial charge on any atom is -0.339 e. The molecule has 152 valence electrons. The van der Waals surface area contributed by atoms with Crippen LogP contribution in [0.15, 0.2) is 12.1 Å². The van der Waals surface area contributed by atoms with E-state index in [1.165, 1.54) is 11.1 Å². The summed E-state index contributed by atoms with van der Waals surface area (Å²) in [6.07, 6.45) is 0. The molecule has 4 heteroatoms. The molecule has 4 nitrogen and oxygen atoms in total. The van der Waals surface area contributed by atoms with Crippen LogP contribution in [-0.4, -0.2) is 9.13 Å². The number of hydrogen-bond acceptors (Lipinski definition) is 2. The van der Waals surface area contributed by atoms with E-state index in [4.69, 9.17) is 0 Å². The van der Waals surface area contributed by atoms with Crippen LogP contribution in [-0.2, 0) is 14.1 Å². The zero-order valence-corrected chi connectivity index (χ0v) is 19.4. The minimum absolute atomic E-state index is 0.0329. The molecule has 0 unspecified atom stereocenters. The van der Waals surface area contributed by atoms with Gasteiger partial charge in [-0.2, -0.15) is 10.5 Å². The standard InChI is InChI=1S/C25H32N4/c1-15-19(11-17(13-26)28(15)9)21-22(20-12-18(14-27)29(10)16(20)2)24(5,6)25(7,8)23(21,3)4/h11-12H,1-10H3. The van der Waals surface area contributed by atoms with Crippen LogP contribution in [0, 0.1) is 52.8 Å². The van der Waals surface area contributed by atoms with E-state index in [0.717, 1.165) is 22.5 Å². The molecule has 0 fully saturated rings. The van der Waals surface area contributed by atoms with Crippen LogP contribution in [0.5, 0.6) is 0 Å². The van der Waals surface area contributed by atoms with Crippen LogP contribution in [0.4, 0.5) is 0 Å². The van der Waals surface area contributed by atoms with E-state index in [0.29, 0.717) is 11.4 Å². The minimum atomic E-state index is -0.125. The summed E-state index contributed by atoms with van der Waals surface area (Å²) >= 11 is 0. The molecule has 0 spiro atoms. The fraction of sp³-hybridized carbons (Fsp3) is 0.520. The van der Waals surface area contributed by atoms with E-state index in [9.17, 15) is 10.5 Å². The lowest BCUT2D eigenvalue weighted by atomic mass is 9.57. The molecule has 2 aromatic heterocycles. The number of aromatic nitrogens is 2. The summed E-state index contributed by atoms with van der Waals surface area (Å²) in [7, 11) is 3.91. The Hall–Kier alpha value is -2.72. The van der Waals surface area contributed by atoms with Crippen molar-refractivity contribution in [1.82, 2.24) is 9.13 Å². The van der Waals surface area contributed by atoms with E-state index in [1.54, 1.807) is 0 Å². The highest BCUT2D eigenvalue weighted by Gasteiger charge is 2.59. The van der Waals surface area contributed by atoms with Gasteiger partial charge >= 0.3 is 0 Å². The van der Waals surface area contributed by atoms with Crippen molar-refractivity contribution in [2.24, 2.45) is 30.3 Å². The number of nitrogens with zero attached hydrogens (tertiary/aromatic N) is 4. The molecule has 0 N–H and O–H groups in total. The van der Waals surface area contributed by atoms with Crippen LogP contribution in [0.25, 0.3) is 11.1 Å². The molecule has 0 radical (unpaired) electrons. The molecule has 3 rings (SSSR count). The van der Waals surface area contributed by atoms with E-state index >= 15 is 0 Å². The third kappa shape index (κ3) is 2.42. The SMILES string of the molecule is Cc1c(C2=C(c3cc(C#N)n(C)c3C)C(C)(C)C(C)(C)C2(C)C)cc(C#N)n1C. The summed E-state index contributed by atoms with van der Waals surface area (Å²) in [6, 6.07) is 8.73. The van der Waals surface area contributed by atoms with Crippen molar-refractivity contribution in [3.05, 3.63) is 46.0 Å². The molecule has 29 heavy (non-hydrogen) atoms. The maximum Gasteiger partial charge on any atom is 0.120 e. The summed E-state index contributed by atoms with van der Waals surface area (Å²) in [5, 5.41) is 19.2. The first-order valence-corrected chi connectivity index (χ1v) is 10.1. The van der Waals surface area contributed by atoms with Crippen molar-refractivity contribution in [3.8, 4) is 12.1 Å². The summed E-state index contributed by atoms with van der Waals surface area (Å²) in [6.45, 7) is 18.1. The average molecular weight is 389 g/mol. The van der Waals surface area contributed by atoms with Crippen LogP contribution >= 0.6 is 0 Å². The van der Waals surface area contributed by atoms with Gasteiger partial charge in [0, 0.05) is 36.6 Å². The Kier molecular flexibility index (Phi) is 4.44. The van der Waals surface area contributed by atoms with Crippen LogP contribution in [0.3, 0.4) is 0 Å². The van der Waals surface area contributed by atoms with Crippen molar-refractivity contribution in [2.45, 2.75) is 55.4 Å². The second-order valence-corrected chi connectivity index (χ2v) is 10.0. The molecule has 0 aromatic carbocycles. The molecular weight excluding hydrogens is 356 g/mol. The molecule has 0 saturated carbocycles. The molecule has 0 atom stereocenters. The van der Waals surface area contributed by atoms with Crippen molar-refractivity contribution >= 4 is 11.1 Å². The summed E-state index contributed by atoms with van der Waals surface area (Å²) in [4.78, 5) is 0. The Morgan fingerprint density at radius 2 is 1.00 bits per heavy atom. The molecule has 0 saturated heterocycles. The van der Waals surface area contributed by atoms with E-state index in [1.807, 2.05) is 35.4 Å². The van der Waals surface area contributed by atoms with Gasteiger partial charge in [0.2, 0.25) is 0 Å². The Balaban J connectivity index is 2.53. The first kappa shape index (κ1) is 21.0. The lowest BCUT2D eigenvalue weighted by molar-refractivity contribution is 0.0817. The van der Waals surface area contributed by atoms with Gasteiger partial charge in [0.25, 0.3) is 0 Å². The average Bonchev–Trinajstić information content (AvgIpc) is 3.12. The predicted octanol–water partition coefficient (Wildman–Crippen LogP) is 5.73. The lowest BCUT2D eigenvalue weighted by Crippen LogP contribution is -2.39. The first-order chi connectivity index (χ1) is 13.3. The van der Waals surface area contributed by atoms with Gasteiger partial charge in [0.1, 0.15) is 23.5 Å². The van der Waals surface area contributed by atoms with Gasteiger partial charge in [-0.3, -0.25) is 0 Å². The Morgan fingerprint density at radius 3 is 1.24 bits per heavy atom. The third-order valence-corrected chi connectivity index (χ3v) is 8.46. The predicted molar refractivity (Wildman–Crippen MR) is 118 cm³/mol. The monoisotopic (exact) mass is 388 g/mol. The molecular formula is C25H32N4. The van der Waals surface area contributed by atoms with Gasteiger partial charge < -0.3 is 9.13 Å². The fourth-order valence-electron chi connectivity index (χ4n) is 5.09. The fourth-order valence-corrected chi connectivity index (χ4v) is 5.09.